The number of carbonyl (C=O) groups excluding carboxylic acids is 1. The summed E-state index contributed by atoms with van der Waals surface area (Å²) >= 11 is 5.82. The summed E-state index contributed by atoms with van der Waals surface area (Å²) in [7, 11) is 0. The van der Waals surface area contributed by atoms with Gasteiger partial charge in [0.25, 0.3) is 0 Å². The second-order valence-corrected chi connectivity index (χ2v) is 4.41. The predicted molar refractivity (Wildman–Crippen MR) is 64.2 cm³/mol. The van der Waals surface area contributed by atoms with Gasteiger partial charge < -0.3 is 5.32 Å². The van der Waals surface area contributed by atoms with Gasteiger partial charge in [-0.2, -0.15) is 0 Å². The number of hydrogen-bond donors (Lipinski definition) is 1. The van der Waals surface area contributed by atoms with Crippen molar-refractivity contribution in [1.82, 2.24) is 5.32 Å². The van der Waals surface area contributed by atoms with Gasteiger partial charge in [-0.05, 0) is 30.5 Å². The fraction of sp³-hybridized carbons (Fsp3) is 0.308. The van der Waals surface area contributed by atoms with Crippen LogP contribution in [0.5, 0.6) is 0 Å². The lowest BCUT2D eigenvalue weighted by molar-refractivity contribution is -0.123. The molecule has 1 aromatic rings. The molecule has 82 valence electrons. The van der Waals surface area contributed by atoms with Crippen molar-refractivity contribution in [2.24, 2.45) is 0 Å². The summed E-state index contributed by atoms with van der Waals surface area (Å²) in [6.45, 7) is 0.286. The molecule has 3 heteroatoms. The maximum atomic E-state index is 11.9. The zero-order chi connectivity index (χ0) is 11.6. The number of hydrogen-bond acceptors (Lipinski definition) is 1. The van der Waals surface area contributed by atoms with Crippen molar-refractivity contribution < 1.29 is 4.79 Å². The molecule has 1 aliphatic rings. The topological polar surface area (TPSA) is 29.1 Å². The maximum Gasteiger partial charge on any atom is 0.231 e. The van der Waals surface area contributed by atoms with E-state index in [9.17, 15) is 4.79 Å². The van der Waals surface area contributed by atoms with Gasteiger partial charge in [-0.3, -0.25) is 4.79 Å². The second-order valence-electron chi connectivity index (χ2n) is 3.98. The third-order valence-corrected chi connectivity index (χ3v) is 3.18. The third-order valence-electron chi connectivity index (χ3n) is 2.93. The molecule has 0 saturated heterocycles. The van der Waals surface area contributed by atoms with Gasteiger partial charge in [0.15, 0.2) is 0 Å². The first kappa shape index (κ1) is 11.0. The molecule has 1 aromatic carbocycles. The van der Waals surface area contributed by atoms with Crippen molar-refractivity contribution in [2.45, 2.75) is 18.3 Å². The van der Waals surface area contributed by atoms with E-state index >= 15 is 0 Å². The minimum atomic E-state index is -0.360. The molecule has 0 bridgehead atoms. The number of amides is 1. The minimum absolute atomic E-state index is 0.0211. The Hall–Kier alpha value is -1.46. The van der Waals surface area contributed by atoms with Gasteiger partial charge in [-0.25, -0.2) is 0 Å². The molecule has 0 spiro atoms. The average Bonchev–Trinajstić information content (AvgIpc) is 3.08. The van der Waals surface area contributed by atoms with Gasteiger partial charge in [0.2, 0.25) is 5.91 Å². The van der Waals surface area contributed by atoms with E-state index in [2.05, 4.69) is 11.2 Å². The number of rotatable bonds is 3. The van der Waals surface area contributed by atoms with Crippen LogP contribution < -0.4 is 5.32 Å². The molecule has 1 N–H and O–H groups in total. The fourth-order valence-corrected chi connectivity index (χ4v) is 1.97. The standard InChI is InChI=1S/C13H12ClNO/c1-2-9-15-12(16)13(7-8-13)10-3-5-11(14)6-4-10/h1,3-6H,7-9H2,(H,15,16). The van der Waals surface area contributed by atoms with Crippen LogP contribution in [0.2, 0.25) is 5.02 Å². The molecule has 0 aromatic heterocycles. The van der Waals surface area contributed by atoms with Gasteiger partial charge >= 0.3 is 0 Å². The largest absolute Gasteiger partial charge is 0.344 e. The average molecular weight is 234 g/mol. The van der Waals surface area contributed by atoms with Gasteiger partial charge in [0.1, 0.15) is 0 Å². The van der Waals surface area contributed by atoms with Crippen molar-refractivity contribution >= 4 is 17.5 Å². The number of carbonyl (C=O) groups is 1. The van der Waals surface area contributed by atoms with E-state index in [0.717, 1.165) is 18.4 Å². The van der Waals surface area contributed by atoms with Crippen LogP contribution in [0.4, 0.5) is 0 Å². The van der Waals surface area contributed by atoms with Crippen LogP contribution in [0.25, 0.3) is 0 Å². The van der Waals surface area contributed by atoms with Crippen molar-refractivity contribution in [3.05, 3.63) is 34.9 Å². The Morgan fingerprint density at radius 3 is 2.56 bits per heavy atom. The SMILES string of the molecule is C#CCNC(=O)C1(c2ccc(Cl)cc2)CC1. The molecule has 0 heterocycles. The minimum Gasteiger partial charge on any atom is -0.344 e. The van der Waals surface area contributed by atoms with E-state index in [1.807, 2.05) is 24.3 Å². The summed E-state index contributed by atoms with van der Waals surface area (Å²) in [6, 6.07) is 7.44. The molecule has 0 radical (unpaired) electrons. The maximum absolute atomic E-state index is 11.9. The molecule has 1 saturated carbocycles. The Bertz CT molecular complexity index is 440. The van der Waals surface area contributed by atoms with E-state index in [1.54, 1.807) is 0 Å². The van der Waals surface area contributed by atoms with Crippen molar-refractivity contribution in [3.8, 4) is 12.3 Å². The summed E-state index contributed by atoms with van der Waals surface area (Å²) in [5.41, 5.74) is 0.660. The Morgan fingerprint density at radius 2 is 2.06 bits per heavy atom. The highest BCUT2D eigenvalue weighted by atomic mass is 35.5. The Labute approximate surface area is 100.0 Å². The van der Waals surface area contributed by atoms with Crippen molar-refractivity contribution in [3.63, 3.8) is 0 Å². The van der Waals surface area contributed by atoms with Crippen molar-refractivity contribution in [1.29, 1.82) is 0 Å². The van der Waals surface area contributed by atoms with Crippen molar-refractivity contribution in [2.75, 3.05) is 6.54 Å². The Balaban J connectivity index is 2.17. The highest BCUT2D eigenvalue weighted by Crippen LogP contribution is 2.48. The molecule has 0 aliphatic heterocycles. The normalized spacial score (nSPS) is 16.2. The lowest BCUT2D eigenvalue weighted by Crippen LogP contribution is -2.34. The van der Waals surface area contributed by atoms with Crippen LogP contribution in [0.1, 0.15) is 18.4 Å². The van der Waals surface area contributed by atoms with Crippen LogP contribution in [-0.4, -0.2) is 12.5 Å². The first-order chi connectivity index (χ1) is 7.69. The first-order valence-electron chi connectivity index (χ1n) is 5.17. The lowest BCUT2D eigenvalue weighted by atomic mass is 9.95. The van der Waals surface area contributed by atoms with E-state index < -0.39 is 0 Å². The number of nitrogens with one attached hydrogen (secondary N) is 1. The molecule has 16 heavy (non-hydrogen) atoms. The fourth-order valence-electron chi connectivity index (χ4n) is 1.84. The first-order valence-corrected chi connectivity index (χ1v) is 5.55. The summed E-state index contributed by atoms with van der Waals surface area (Å²) < 4.78 is 0. The second kappa shape index (κ2) is 4.19. The molecule has 0 unspecified atom stereocenters. The molecular formula is C13H12ClNO. The summed E-state index contributed by atoms with van der Waals surface area (Å²) in [5.74, 6) is 2.43. The van der Waals surface area contributed by atoms with Crippen LogP contribution in [0, 0.1) is 12.3 Å². The predicted octanol–water partition coefficient (Wildman–Crippen LogP) is 2.12. The lowest BCUT2D eigenvalue weighted by Gasteiger charge is -2.14. The zero-order valence-electron chi connectivity index (χ0n) is 8.79. The number of terminal acetylenes is 1. The quantitative estimate of drug-likeness (QED) is 0.797. The molecular weight excluding hydrogens is 222 g/mol. The summed E-state index contributed by atoms with van der Waals surface area (Å²) in [6.07, 6.45) is 6.88. The van der Waals surface area contributed by atoms with Gasteiger partial charge in [-0.15, -0.1) is 6.42 Å². The molecule has 2 nitrogen and oxygen atoms in total. The highest BCUT2D eigenvalue weighted by molar-refractivity contribution is 6.30. The molecule has 0 atom stereocenters. The monoisotopic (exact) mass is 233 g/mol. The summed E-state index contributed by atoms with van der Waals surface area (Å²) in [5, 5.41) is 3.42. The smallest absolute Gasteiger partial charge is 0.231 e. The molecule has 1 aliphatic carbocycles. The van der Waals surface area contributed by atoms with E-state index in [0.29, 0.717) is 5.02 Å². The van der Waals surface area contributed by atoms with E-state index in [1.165, 1.54) is 0 Å². The Morgan fingerprint density at radius 1 is 1.44 bits per heavy atom. The zero-order valence-corrected chi connectivity index (χ0v) is 9.55. The Kier molecular flexibility index (Phi) is 2.89. The van der Waals surface area contributed by atoms with E-state index in [-0.39, 0.29) is 17.9 Å². The number of benzene rings is 1. The molecule has 1 amide bonds. The van der Waals surface area contributed by atoms with Crippen LogP contribution in [0.3, 0.4) is 0 Å². The highest BCUT2D eigenvalue weighted by Gasteiger charge is 2.50. The number of halogens is 1. The molecule has 1 fully saturated rings. The van der Waals surface area contributed by atoms with Crippen LogP contribution >= 0.6 is 11.6 Å². The van der Waals surface area contributed by atoms with E-state index in [4.69, 9.17) is 18.0 Å². The van der Waals surface area contributed by atoms with Crippen LogP contribution in [-0.2, 0) is 10.2 Å². The van der Waals surface area contributed by atoms with Gasteiger partial charge in [-0.1, -0.05) is 29.7 Å². The third kappa shape index (κ3) is 1.91. The van der Waals surface area contributed by atoms with Gasteiger partial charge in [0, 0.05) is 5.02 Å². The molecule has 2 rings (SSSR count). The van der Waals surface area contributed by atoms with Crippen LogP contribution in [0.15, 0.2) is 24.3 Å². The summed E-state index contributed by atoms with van der Waals surface area (Å²) in [4.78, 5) is 11.9. The van der Waals surface area contributed by atoms with Gasteiger partial charge in [0.05, 0.1) is 12.0 Å².